The van der Waals surface area contributed by atoms with Gasteiger partial charge in [0.1, 0.15) is 17.5 Å². The molecule has 39 heavy (non-hydrogen) atoms. The Kier molecular flexibility index (Phi) is 8.55. The molecule has 0 aliphatic rings. The molecular formula is C28H28ClFN6O3. The molecule has 0 aliphatic carbocycles. The van der Waals surface area contributed by atoms with Crippen LogP contribution in [0.25, 0.3) is 0 Å². The van der Waals surface area contributed by atoms with E-state index < -0.39 is 29.3 Å². The molecule has 4 rings (SSSR count). The van der Waals surface area contributed by atoms with Crippen LogP contribution in [0.1, 0.15) is 54.1 Å². The third-order valence-corrected chi connectivity index (χ3v) is 5.81. The van der Waals surface area contributed by atoms with Gasteiger partial charge in [0.05, 0.1) is 12.1 Å². The van der Waals surface area contributed by atoms with Crippen LogP contribution in [0.4, 0.5) is 14.9 Å². The van der Waals surface area contributed by atoms with Gasteiger partial charge in [0.2, 0.25) is 0 Å². The predicted molar refractivity (Wildman–Crippen MR) is 145 cm³/mol. The van der Waals surface area contributed by atoms with E-state index in [4.69, 9.17) is 16.3 Å². The smallest absolute Gasteiger partial charge is 0.407 e. The largest absolute Gasteiger partial charge is 0.444 e. The molecule has 0 fully saturated rings. The molecule has 0 saturated heterocycles. The number of halogens is 2. The van der Waals surface area contributed by atoms with Crippen LogP contribution in [0.15, 0.2) is 72.8 Å². The molecule has 1 heterocycles. The first-order chi connectivity index (χ1) is 18.6. The molecule has 202 valence electrons. The third-order valence-electron chi connectivity index (χ3n) is 5.57. The van der Waals surface area contributed by atoms with Crippen molar-refractivity contribution >= 4 is 29.2 Å². The minimum Gasteiger partial charge on any atom is -0.444 e. The molecule has 3 aromatic carbocycles. The van der Waals surface area contributed by atoms with Gasteiger partial charge in [0.15, 0.2) is 11.6 Å². The molecule has 0 spiro atoms. The SMILES string of the molecule is CC(C)(C)OC(=O)NCC(Nc1cc(Cl)ccc1C(=O)c1ccccc1F)c1nnnn1Cc1ccccc1. The molecule has 9 nitrogen and oxygen atoms in total. The van der Waals surface area contributed by atoms with E-state index in [9.17, 15) is 14.0 Å². The van der Waals surface area contributed by atoms with Crippen molar-refractivity contribution in [1.82, 2.24) is 25.5 Å². The Morgan fingerprint density at radius 2 is 1.74 bits per heavy atom. The maximum atomic E-state index is 14.5. The summed E-state index contributed by atoms with van der Waals surface area (Å²) in [6.45, 7) is 5.65. The van der Waals surface area contributed by atoms with Gasteiger partial charge in [0, 0.05) is 22.8 Å². The van der Waals surface area contributed by atoms with Crippen LogP contribution in [0.2, 0.25) is 5.02 Å². The average Bonchev–Trinajstić information content (AvgIpc) is 3.34. The average molecular weight is 551 g/mol. The Morgan fingerprint density at radius 3 is 2.46 bits per heavy atom. The van der Waals surface area contributed by atoms with E-state index in [1.807, 2.05) is 30.3 Å². The maximum Gasteiger partial charge on any atom is 0.407 e. The zero-order valence-corrected chi connectivity index (χ0v) is 22.4. The van der Waals surface area contributed by atoms with Gasteiger partial charge in [-0.3, -0.25) is 4.79 Å². The first-order valence-electron chi connectivity index (χ1n) is 12.2. The second-order valence-corrected chi connectivity index (χ2v) is 10.2. The number of alkyl carbamates (subject to hydrolysis) is 1. The number of rotatable bonds is 9. The first-order valence-corrected chi connectivity index (χ1v) is 12.6. The summed E-state index contributed by atoms with van der Waals surface area (Å²) >= 11 is 6.29. The summed E-state index contributed by atoms with van der Waals surface area (Å²) in [7, 11) is 0. The number of aromatic nitrogens is 4. The Labute approximate surface area is 230 Å². The number of benzene rings is 3. The molecular weight excluding hydrogens is 523 g/mol. The number of hydrogen-bond acceptors (Lipinski definition) is 7. The molecule has 1 unspecified atom stereocenters. The molecule has 4 aromatic rings. The van der Waals surface area contributed by atoms with E-state index in [2.05, 4.69) is 26.2 Å². The molecule has 0 radical (unpaired) electrons. The summed E-state index contributed by atoms with van der Waals surface area (Å²) in [6.07, 6.45) is -0.634. The quantitative estimate of drug-likeness (QED) is 0.268. The van der Waals surface area contributed by atoms with Gasteiger partial charge in [-0.1, -0.05) is 54.1 Å². The van der Waals surface area contributed by atoms with Gasteiger partial charge in [0.25, 0.3) is 0 Å². The van der Waals surface area contributed by atoms with Crippen LogP contribution in [0.5, 0.6) is 0 Å². The Hall–Kier alpha value is -4.31. The topological polar surface area (TPSA) is 111 Å². The first kappa shape index (κ1) is 27.7. The van der Waals surface area contributed by atoms with E-state index in [1.165, 1.54) is 24.3 Å². The molecule has 1 amide bonds. The number of nitrogens with one attached hydrogen (secondary N) is 2. The maximum absolute atomic E-state index is 14.5. The highest BCUT2D eigenvalue weighted by Crippen LogP contribution is 2.28. The highest BCUT2D eigenvalue weighted by molar-refractivity contribution is 6.31. The highest BCUT2D eigenvalue weighted by Gasteiger charge is 2.25. The normalized spacial score (nSPS) is 12.0. The lowest BCUT2D eigenvalue weighted by Crippen LogP contribution is -2.37. The van der Waals surface area contributed by atoms with Crippen LogP contribution in [-0.2, 0) is 11.3 Å². The predicted octanol–water partition coefficient (Wildman–Crippen LogP) is 5.42. The number of amides is 1. The summed E-state index contributed by atoms with van der Waals surface area (Å²) in [4.78, 5) is 25.8. The van der Waals surface area contributed by atoms with Crippen molar-refractivity contribution in [3.05, 3.63) is 106 Å². The van der Waals surface area contributed by atoms with E-state index in [0.29, 0.717) is 23.1 Å². The number of ether oxygens (including phenoxy) is 1. The number of tetrazole rings is 1. The van der Waals surface area contributed by atoms with Crippen LogP contribution in [0, 0.1) is 5.82 Å². The second kappa shape index (κ2) is 12.0. The zero-order chi connectivity index (χ0) is 28.0. The monoisotopic (exact) mass is 550 g/mol. The van der Waals surface area contributed by atoms with Crippen molar-refractivity contribution in [2.75, 3.05) is 11.9 Å². The Balaban J connectivity index is 1.68. The Morgan fingerprint density at radius 1 is 1.03 bits per heavy atom. The fraction of sp³-hybridized carbons (Fsp3) is 0.250. The number of anilines is 1. The zero-order valence-electron chi connectivity index (χ0n) is 21.7. The van der Waals surface area contributed by atoms with Gasteiger partial charge < -0.3 is 15.4 Å². The molecule has 0 bridgehead atoms. The van der Waals surface area contributed by atoms with Crippen molar-refractivity contribution in [1.29, 1.82) is 0 Å². The molecule has 0 saturated carbocycles. The lowest BCUT2D eigenvalue weighted by molar-refractivity contribution is 0.0525. The van der Waals surface area contributed by atoms with Crippen molar-refractivity contribution < 1.29 is 18.7 Å². The summed E-state index contributed by atoms with van der Waals surface area (Å²) in [5.41, 5.74) is 0.687. The van der Waals surface area contributed by atoms with Crippen LogP contribution >= 0.6 is 11.6 Å². The van der Waals surface area contributed by atoms with Gasteiger partial charge in [-0.15, -0.1) is 5.10 Å². The number of nitrogens with zero attached hydrogens (tertiary/aromatic N) is 4. The van der Waals surface area contributed by atoms with Crippen LogP contribution < -0.4 is 10.6 Å². The standard InChI is InChI=1S/C28H28ClFN6O3/c1-28(2,3)39-27(38)31-16-24(26-33-34-35-36(26)17-18-9-5-4-6-10-18)32-23-15-19(29)13-14-21(23)25(37)20-11-7-8-12-22(20)30/h4-15,24,32H,16-17H2,1-3H3,(H,31,38). The number of carbonyl (C=O) groups is 2. The van der Waals surface area contributed by atoms with Crippen molar-refractivity contribution in [3.63, 3.8) is 0 Å². The minimum absolute atomic E-state index is 0.00389. The lowest BCUT2D eigenvalue weighted by atomic mass is 10.0. The summed E-state index contributed by atoms with van der Waals surface area (Å²) in [6, 6.07) is 19.2. The number of hydrogen-bond donors (Lipinski definition) is 2. The van der Waals surface area contributed by atoms with Crippen LogP contribution in [-0.4, -0.2) is 44.2 Å². The summed E-state index contributed by atoms with van der Waals surface area (Å²) < 4.78 is 21.4. The highest BCUT2D eigenvalue weighted by atomic mass is 35.5. The second-order valence-electron chi connectivity index (χ2n) is 9.76. The molecule has 11 heteroatoms. The number of ketones is 1. The van der Waals surface area contributed by atoms with Crippen molar-refractivity contribution in [3.8, 4) is 0 Å². The van der Waals surface area contributed by atoms with Gasteiger partial charge >= 0.3 is 6.09 Å². The Bertz CT molecular complexity index is 1460. The fourth-order valence-electron chi connectivity index (χ4n) is 3.85. The van der Waals surface area contributed by atoms with Crippen molar-refractivity contribution in [2.24, 2.45) is 0 Å². The van der Waals surface area contributed by atoms with Crippen molar-refractivity contribution in [2.45, 2.75) is 39.0 Å². The van der Waals surface area contributed by atoms with E-state index >= 15 is 0 Å². The fourth-order valence-corrected chi connectivity index (χ4v) is 4.02. The number of carbonyl (C=O) groups excluding carboxylic acids is 2. The lowest BCUT2D eigenvalue weighted by Gasteiger charge is -2.24. The molecule has 2 N–H and O–H groups in total. The molecule has 0 aliphatic heterocycles. The van der Waals surface area contributed by atoms with E-state index in [0.717, 1.165) is 5.56 Å². The summed E-state index contributed by atoms with van der Waals surface area (Å²) in [5, 5.41) is 18.5. The van der Waals surface area contributed by atoms with Gasteiger partial charge in [-0.2, -0.15) is 0 Å². The molecule has 1 aromatic heterocycles. The third kappa shape index (κ3) is 7.38. The van der Waals surface area contributed by atoms with Crippen LogP contribution in [0.3, 0.4) is 0 Å². The minimum atomic E-state index is -0.720. The van der Waals surface area contributed by atoms with Gasteiger partial charge in [-0.25, -0.2) is 13.9 Å². The van der Waals surface area contributed by atoms with E-state index in [-0.39, 0.29) is 17.7 Å². The summed E-state index contributed by atoms with van der Waals surface area (Å²) in [5.74, 6) is -0.785. The van der Waals surface area contributed by atoms with E-state index in [1.54, 1.807) is 43.7 Å². The molecule has 1 atom stereocenters. The van der Waals surface area contributed by atoms with Gasteiger partial charge in [-0.05, 0) is 67.1 Å².